The molecule has 2 N–H and O–H groups in total. The van der Waals surface area contributed by atoms with E-state index in [4.69, 9.17) is 19.3 Å². The van der Waals surface area contributed by atoms with Gasteiger partial charge in [0.1, 0.15) is 6.61 Å². The Morgan fingerprint density at radius 1 is 0.531 bits per heavy atom. The molecule has 286 valence electrons. The topological polar surface area (TPSA) is 119 Å². The molecule has 1 atom stereocenters. The lowest BCUT2D eigenvalue weighted by Crippen LogP contribution is -2.29. The Bertz CT molecular complexity index is 895. The molecular weight excluding hydrogens is 639 g/mol. The third-order valence-electron chi connectivity index (χ3n) is 8.38. The summed E-state index contributed by atoms with van der Waals surface area (Å²) in [7, 11) is -4.75. The van der Waals surface area contributed by atoms with Crippen molar-refractivity contribution in [2.75, 3.05) is 13.2 Å². The van der Waals surface area contributed by atoms with Crippen molar-refractivity contribution in [1.29, 1.82) is 0 Å². The van der Waals surface area contributed by atoms with Crippen molar-refractivity contribution in [3.63, 3.8) is 0 Å². The average molecular weight is 713 g/mol. The molecule has 0 spiro atoms. The predicted octanol–water partition coefficient (Wildman–Crippen LogP) is 11.8. The molecule has 8 nitrogen and oxygen atoms in total. The highest BCUT2D eigenvalue weighted by atomic mass is 31.2. The highest BCUT2D eigenvalue weighted by Gasteiger charge is 2.22. The number of rotatable bonds is 36. The van der Waals surface area contributed by atoms with Gasteiger partial charge in [0, 0.05) is 12.8 Å². The highest BCUT2D eigenvalue weighted by molar-refractivity contribution is 7.46. The van der Waals surface area contributed by atoms with Crippen LogP contribution in [0.4, 0.5) is 0 Å². The van der Waals surface area contributed by atoms with E-state index in [0.717, 1.165) is 64.2 Å². The van der Waals surface area contributed by atoms with E-state index >= 15 is 0 Å². The van der Waals surface area contributed by atoms with E-state index in [0.29, 0.717) is 12.8 Å². The van der Waals surface area contributed by atoms with Crippen molar-refractivity contribution >= 4 is 19.8 Å². The Kier molecular flexibility index (Phi) is 34.8. The van der Waals surface area contributed by atoms with Gasteiger partial charge in [-0.05, 0) is 70.6 Å². The zero-order chi connectivity index (χ0) is 36.1. The van der Waals surface area contributed by atoms with E-state index in [1.807, 2.05) is 0 Å². The van der Waals surface area contributed by atoms with Crippen molar-refractivity contribution in [3.8, 4) is 0 Å². The predicted molar refractivity (Wildman–Crippen MR) is 202 cm³/mol. The lowest BCUT2D eigenvalue weighted by atomic mass is 10.1. The second kappa shape index (κ2) is 36.1. The molecule has 0 fully saturated rings. The van der Waals surface area contributed by atoms with Gasteiger partial charge in [0.2, 0.25) is 0 Å². The largest absolute Gasteiger partial charge is 0.469 e. The Morgan fingerprint density at radius 2 is 0.918 bits per heavy atom. The first-order valence-electron chi connectivity index (χ1n) is 19.8. The Labute approximate surface area is 300 Å². The monoisotopic (exact) mass is 713 g/mol. The van der Waals surface area contributed by atoms with Crippen LogP contribution in [-0.4, -0.2) is 41.0 Å². The Hall–Kier alpha value is -1.73. The molecule has 0 bridgehead atoms. The van der Waals surface area contributed by atoms with Crippen molar-refractivity contribution in [2.24, 2.45) is 0 Å². The third kappa shape index (κ3) is 38.9. The number of hydrogen-bond acceptors (Lipinski definition) is 6. The second-order valence-electron chi connectivity index (χ2n) is 13.2. The highest BCUT2D eigenvalue weighted by Crippen LogP contribution is 2.36. The summed E-state index contributed by atoms with van der Waals surface area (Å²) < 4.78 is 26.3. The number of esters is 2. The molecule has 1 unspecified atom stereocenters. The fourth-order valence-electron chi connectivity index (χ4n) is 5.40. The molecule has 0 aliphatic heterocycles. The van der Waals surface area contributed by atoms with E-state index in [1.165, 1.54) is 83.5 Å². The number of unbranched alkanes of at least 4 members (excludes halogenated alkanes) is 20. The third-order valence-corrected chi connectivity index (χ3v) is 8.87. The van der Waals surface area contributed by atoms with E-state index in [-0.39, 0.29) is 19.4 Å². The van der Waals surface area contributed by atoms with Crippen molar-refractivity contribution in [2.45, 2.75) is 193 Å². The van der Waals surface area contributed by atoms with Crippen LogP contribution in [0.15, 0.2) is 36.5 Å². The zero-order valence-corrected chi connectivity index (χ0v) is 32.2. The normalized spacial score (nSPS) is 12.8. The van der Waals surface area contributed by atoms with Crippen molar-refractivity contribution in [1.82, 2.24) is 0 Å². The summed E-state index contributed by atoms with van der Waals surface area (Å²) in [5.74, 6) is -0.899. The van der Waals surface area contributed by atoms with Gasteiger partial charge in [0.25, 0.3) is 0 Å². The molecule has 0 rings (SSSR count). The quantitative estimate of drug-likeness (QED) is 0.0285. The van der Waals surface area contributed by atoms with Gasteiger partial charge >= 0.3 is 19.8 Å². The Balaban J connectivity index is 3.93. The molecule has 49 heavy (non-hydrogen) atoms. The number of allylic oxidation sites excluding steroid dienone is 6. The number of phosphoric acid groups is 1. The standard InChI is InChI=1S/C40H73O8P/c1-3-5-7-9-11-13-15-17-18-19-20-21-22-23-25-27-29-31-33-35-40(42)48-38(37-47-49(43,44)45)36-46-39(41)34-32-30-28-26-24-16-14-12-10-8-6-4-2/h11-14,17-18,38H,3-10,15-16,19-37H2,1-2H3,(H2,43,44,45)/b13-11-,14-12-,18-17-. The van der Waals surface area contributed by atoms with Crippen LogP contribution in [0.2, 0.25) is 0 Å². The van der Waals surface area contributed by atoms with Gasteiger partial charge in [-0.2, -0.15) is 0 Å². The van der Waals surface area contributed by atoms with Crippen LogP contribution in [-0.2, 0) is 28.2 Å². The average Bonchev–Trinajstić information content (AvgIpc) is 3.07. The fourth-order valence-corrected chi connectivity index (χ4v) is 5.76. The molecule has 0 amide bonds. The lowest BCUT2D eigenvalue weighted by molar-refractivity contribution is -0.161. The SMILES string of the molecule is CCCCC/C=C\C/C=C\CCCCCCCCCCCC(=O)OC(COC(=O)CCCCCCC/C=C\CCCCC)COP(=O)(O)O. The van der Waals surface area contributed by atoms with Crippen LogP contribution in [0.5, 0.6) is 0 Å². The molecular formula is C40H73O8P. The van der Waals surface area contributed by atoms with Gasteiger partial charge in [0.15, 0.2) is 6.10 Å². The first-order chi connectivity index (χ1) is 23.8. The summed E-state index contributed by atoms with van der Waals surface area (Å²) in [5.41, 5.74) is 0. The van der Waals surface area contributed by atoms with Crippen molar-refractivity contribution in [3.05, 3.63) is 36.5 Å². The number of carbonyl (C=O) groups excluding carboxylic acids is 2. The maximum absolute atomic E-state index is 12.4. The number of carbonyl (C=O) groups is 2. The van der Waals surface area contributed by atoms with E-state index in [2.05, 4.69) is 54.8 Å². The molecule has 0 aromatic carbocycles. The molecule has 9 heteroatoms. The van der Waals surface area contributed by atoms with Gasteiger partial charge in [-0.3, -0.25) is 14.1 Å². The summed E-state index contributed by atoms with van der Waals surface area (Å²) in [6, 6.07) is 0. The maximum atomic E-state index is 12.4. The molecule has 0 aliphatic rings. The lowest BCUT2D eigenvalue weighted by Gasteiger charge is -2.18. The van der Waals surface area contributed by atoms with E-state index in [1.54, 1.807) is 0 Å². The molecule has 0 heterocycles. The van der Waals surface area contributed by atoms with Gasteiger partial charge in [-0.25, -0.2) is 4.57 Å². The second-order valence-corrected chi connectivity index (χ2v) is 14.5. The minimum Gasteiger partial charge on any atom is -0.462 e. The zero-order valence-electron chi connectivity index (χ0n) is 31.3. The smallest absolute Gasteiger partial charge is 0.462 e. The molecule has 0 aromatic rings. The van der Waals surface area contributed by atoms with Gasteiger partial charge in [0.05, 0.1) is 6.61 Å². The molecule has 0 aliphatic carbocycles. The number of ether oxygens (including phenoxy) is 2. The van der Waals surface area contributed by atoms with Crippen LogP contribution in [0.25, 0.3) is 0 Å². The Morgan fingerprint density at radius 3 is 1.37 bits per heavy atom. The first kappa shape index (κ1) is 47.3. The van der Waals surface area contributed by atoms with Gasteiger partial charge in [-0.1, -0.05) is 140 Å². The molecule has 0 aromatic heterocycles. The van der Waals surface area contributed by atoms with Crippen LogP contribution in [0, 0.1) is 0 Å². The van der Waals surface area contributed by atoms with Crippen LogP contribution >= 0.6 is 7.82 Å². The first-order valence-corrected chi connectivity index (χ1v) is 21.3. The summed E-state index contributed by atoms with van der Waals surface area (Å²) in [4.78, 5) is 42.7. The van der Waals surface area contributed by atoms with Crippen LogP contribution < -0.4 is 0 Å². The summed E-state index contributed by atoms with van der Waals surface area (Å²) in [6.45, 7) is 3.62. The minimum absolute atomic E-state index is 0.206. The van der Waals surface area contributed by atoms with Gasteiger partial charge < -0.3 is 19.3 Å². The summed E-state index contributed by atoms with van der Waals surface area (Å²) in [5, 5.41) is 0. The van der Waals surface area contributed by atoms with Crippen LogP contribution in [0.3, 0.4) is 0 Å². The van der Waals surface area contributed by atoms with E-state index < -0.39 is 32.5 Å². The van der Waals surface area contributed by atoms with E-state index in [9.17, 15) is 14.2 Å². The number of phosphoric ester groups is 1. The summed E-state index contributed by atoms with van der Waals surface area (Å²) in [6.07, 6.45) is 41.5. The fraction of sp³-hybridized carbons (Fsp3) is 0.800. The molecule has 0 saturated carbocycles. The van der Waals surface area contributed by atoms with Crippen molar-refractivity contribution < 1.29 is 37.9 Å². The molecule has 0 radical (unpaired) electrons. The molecule has 0 saturated heterocycles. The van der Waals surface area contributed by atoms with Crippen LogP contribution in [0.1, 0.15) is 187 Å². The minimum atomic E-state index is -4.75. The van der Waals surface area contributed by atoms with Gasteiger partial charge in [-0.15, -0.1) is 0 Å². The maximum Gasteiger partial charge on any atom is 0.469 e. The summed E-state index contributed by atoms with van der Waals surface area (Å²) >= 11 is 0. The number of hydrogen-bond donors (Lipinski definition) is 2.